The lowest BCUT2D eigenvalue weighted by molar-refractivity contribution is 0.0950. The number of ether oxygens (including phenoxy) is 1. The summed E-state index contributed by atoms with van der Waals surface area (Å²) in [7, 11) is 0. The number of carbonyl (C=O) groups excluding carboxylic acids is 1. The number of thiophene rings is 1. The van der Waals surface area contributed by atoms with Gasteiger partial charge in [-0.1, -0.05) is 12.1 Å². The second kappa shape index (κ2) is 7.63. The van der Waals surface area contributed by atoms with Gasteiger partial charge in [0.05, 0.1) is 23.4 Å². The third kappa shape index (κ3) is 3.86. The van der Waals surface area contributed by atoms with Crippen LogP contribution in [-0.2, 0) is 0 Å². The fourth-order valence-corrected chi connectivity index (χ4v) is 2.82. The molecule has 128 valence electrons. The molecule has 1 amide bonds. The molecule has 0 aliphatic heterocycles. The second-order valence-corrected chi connectivity index (χ2v) is 5.92. The number of rotatable bonds is 6. The Bertz CT molecular complexity index is 887. The van der Waals surface area contributed by atoms with E-state index in [1.807, 2.05) is 24.4 Å². The number of hydrogen-bond acceptors (Lipinski definition) is 6. The van der Waals surface area contributed by atoms with Gasteiger partial charge in [0.25, 0.3) is 5.91 Å². The molecule has 3 N–H and O–H groups in total. The van der Waals surface area contributed by atoms with E-state index in [2.05, 4.69) is 20.7 Å². The summed E-state index contributed by atoms with van der Waals surface area (Å²) in [6, 6.07) is 10.6. The molecular formula is C17H16N4O3S. The molecule has 25 heavy (non-hydrogen) atoms. The van der Waals surface area contributed by atoms with Crippen molar-refractivity contribution < 1.29 is 14.6 Å². The van der Waals surface area contributed by atoms with E-state index < -0.39 is 5.91 Å². The number of benzene rings is 1. The Morgan fingerprint density at radius 2 is 2.32 bits per heavy atom. The zero-order valence-corrected chi connectivity index (χ0v) is 14.2. The number of para-hydroxylation sites is 1. The lowest BCUT2D eigenvalue weighted by Crippen LogP contribution is -2.18. The summed E-state index contributed by atoms with van der Waals surface area (Å²) in [6.07, 6.45) is 1.35. The fraction of sp³-hybridized carbons (Fsp3) is 0.118. The normalized spacial score (nSPS) is 10.9. The first-order valence-corrected chi connectivity index (χ1v) is 8.44. The van der Waals surface area contributed by atoms with E-state index in [4.69, 9.17) is 4.74 Å². The molecule has 0 bridgehead atoms. The van der Waals surface area contributed by atoms with Crippen LogP contribution in [0.25, 0.3) is 10.6 Å². The van der Waals surface area contributed by atoms with Gasteiger partial charge in [0.1, 0.15) is 0 Å². The number of aromatic hydroxyl groups is 1. The lowest BCUT2D eigenvalue weighted by atomic mass is 10.2. The van der Waals surface area contributed by atoms with Crippen molar-refractivity contribution in [1.29, 1.82) is 0 Å². The number of hydrogen-bond donors (Lipinski definition) is 3. The maximum atomic E-state index is 12.1. The number of H-pyrrole nitrogens is 1. The van der Waals surface area contributed by atoms with Crippen molar-refractivity contribution in [3.8, 4) is 22.1 Å². The number of amides is 1. The Balaban J connectivity index is 1.66. The Morgan fingerprint density at radius 1 is 1.44 bits per heavy atom. The minimum Gasteiger partial charge on any atom is -0.504 e. The smallest absolute Gasteiger partial charge is 0.291 e. The molecule has 0 aliphatic rings. The topological polar surface area (TPSA) is 99.6 Å². The van der Waals surface area contributed by atoms with Gasteiger partial charge in [-0.3, -0.25) is 9.89 Å². The first-order valence-electron chi connectivity index (χ1n) is 7.56. The van der Waals surface area contributed by atoms with Crippen LogP contribution in [0.2, 0.25) is 0 Å². The number of hydrazone groups is 1. The highest BCUT2D eigenvalue weighted by Gasteiger charge is 2.11. The molecule has 7 nitrogen and oxygen atoms in total. The first-order chi connectivity index (χ1) is 12.2. The van der Waals surface area contributed by atoms with Crippen LogP contribution in [0.1, 0.15) is 23.0 Å². The summed E-state index contributed by atoms with van der Waals surface area (Å²) in [4.78, 5) is 13.1. The predicted octanol–water partition coefficient (Wildman–Crippen LogP) is 3.01. The summed E-state index contributed by atoms with van der Waals surface area (Å²) >= 11 is 1.55. The van der Waals surface area contributed by atoms with Gasteiger partial charge in [-0.25, -0.2) is 5.43 Å². The maximum absolute atomic E-state index is 12.1. The van der Waals surface area contributed by atoms with Crippen LogP contribution in [0, 0.1) is 0 Å². The fourth-order valence-electron chi connectivity index (χ4n) is 2.13. The second-order valence-electron chi connectivity index (χ2n) is 4.97. The summed E-state index contributed by atoms with van der Waals surface area (Å²) in [5.41, 5.74) is 3.82. The van der Waals surface area contributed by atoms with Gasteiger partial charge < -0.3 is 9.84 Å². The van der Waals surface area contributed by atoms with E-state index >= 15 is 0 Å². The van der Waals surface area contributed by atoms with Crippen molar-refractivity contribution in [2.75, 3.05) is 6.61 Å². The number of carbonyl (C=O) groups is 1. The number of phenolic OH excluding ortho intramolecular Hbond substituents is 1. The highest BCUT2D eigenvalue weighted by molar-refractivity contribution is 7.13. The number of nitrogens with zero attached hydrogens (tertiary/aromatic N) is 2. The Hall–Kier alpha value is -3.13. The van der Waals surface area contributed by atoms with Gasteiger partial charge in [0.2, 0.25) is 0 Å². The maximum Gasteiger partial charge on any atom is 0.291 e. The summed E-state index contributed by atoms with van der Waals surface area (Å²) < 4.78 is 5.30. The van der Waals surface area contributed by atoms with E-state index in [0.717, 1.165) is 10.6 Å². The van der Waals surface area contributed by atoms with Crippen molar-refractivity contribution in [3.05, 3.63) is 53.0 Å². The van der Waals surface area contributed by atoms with Gasteiger partial charge >= 0.3 is 0 Å². The number of phenols is 1. The van der Waals surface area contributed by atoms with Crippen LogP contribution in [0.3, 0.4) is 0 Å². The first kappa shape index (κ1) is 16.7. The van der Waals surface area contributed by atoms with E-state index in [-0.39, 0.29) is 11.4 Å². The summed E-state index contributed by atoms with van der Waals surface area (Å²) in [5, 5.41) is 22.7. The zero-order chi connectivity index (χ0) is 17.6. The van der Waals surface area contributed by atoms with Crippen LogP contribution in [-0.4, -0.2) is 34.0 Å². The van der Waals surface area contributed by atoms with Crippen LogP contribution in [0.5, 0.6) is 11.5 Å². The molecular weight excluding hydrogens is 340 g/mol. The van der Waals surface area contributed by atoms with E-state index in [1.165, 1.54) is 6.21 Å². The minimum absolute atomic E-state index is 0.0258. The SMILES string of the molecule is CCOc1cccc(/C=N/NC(=O)c2cc(-c3cccs3)[nH]n2)c1O. The van der Waals surface area contributed by atoms with E-state index in [1.54, 1.807) is 35.6 Å². The standard InChI is InChI=1S/C17H16N4O3S/c1-2-24-14-6-3-5-11(16(14)22)10-18-21-17(23)13-9-12(19-20-13)15-7-4-8-25-15/h3-10,22H,2H2,1H3,(H,19,20)(H,21,23)/b18-10+. The van der Waals surface area contributed by atoms with Crippen LogP contribution >= 0.6 is 11.3 Å². The predicted molar refractivity (Wildman–Crippen MR) is 96.2 cm³/mol. The molecule has 0 saturated heterocycles. The molecule has 0 fully saturated rings. The lowest BCUT2D eigenvalue weighted by Gasteiger charge is -2.06. The molecule has 2 aromatic heterocycles. The van der Waals surface area contributed by atoms with Gasteiger partial charge in [0, 0.05) is 5.56 Å². The number of aromatic nitrogens is 2. The molecule has 0 radical (unpaired) electrons. The van der Waals surface area contributed by atoms with Crippen molar-refractivity contribution in [1.82, 2.24) is 15.6 Å². The minimum atomic E-state index is -0.448. The van der Waals surface area contributed by atoms with Gasteiger partial charge in [-0.05, 0) is 36.6 Å². The van der Waals surface area contributed by atoms with Crippen molar-refractivity contribution in [2.45, 2.75) is 6.92 Å². The van der Waals surface area contributed by atoms with Gasteiger partial charge in [0.15, 0.2) is 17.2 Å². The average molecular weight is 356 g/mol. The van der Waals surface area contributed by atoms with Crippen LogP contribution < -0.4 is 10.2 Å². The van der Waals surface area contributed by atoms with Crippen LogP contribution in [0.15, 0.2) is 46.9 Å². The number of nitrogens with one attached hydrogen (secondary N) is 2. The zero-order valence-electron chi connectivity index (χ0n) is 13.4. The van der Waals surface area contributed by atoms with Crippen molar-refractivity contribution in [2.24, 2.45) is 5.10 Å². The molecule has 0 spiro atoms. The Morgan fingerprint density at radius 3 is 3.08 bits per heavy atom. The van der Waals surface area contributed by atoms with Crippen molar-refractivity contribution >= 4 is 23.5 Å². The molecule has 3 aromatic rings. The highest BCUT2D eigenvalue weighted by atomic mass is 32.1. The van der Waals surface area contributed by atoms with E-state index in [9.17, 15) is 9.90 Å². The molecule has 1 aromatic carbocycles. The Labute approximate surface area is 148 Å². The van der Waals surface area contributed by atoms with Gasteiger partial charge in [-0.15, -0.1) is 11.3 Å². The third-order valence-corrected chi connectivity index (χ3v) is 4.20. The summed E-state index contributed by atoms with van der Waals surface area (Å²) in [6.45, 7) is 2.27. The molecule has 8 heteroatoms. The molecule has 0 aliphatic carbocycles. The molecule has 0 unspecified atom stereocenters. The average Bonchev–Trinajstić information content (AvgIpc) is 3.29. The molecule has 0 saturated carbocycles. The third-order valence-electron chi connectivity index (χ3n) is 3.30. The quantitative estimate of drug-likeness (QED) is 0.467. The Kier molecular flexibility index (Phi) is 5.10. The monoisotopic (exact) mass is 356 g/mol. The van der Waals surface area contributed by atoms with Crippen molar-refractivity contribution in [3.63, 3.8) is 0 Å². The number of aromatic amines is 1. The molecule has 0 atom stereocenters. The van der Waals surface area contributed by atoms with Gasteiger partial charge in [-0.2, -0.15) is 10.2 Å². The van der Waals surface area contributed by atoms with E-state index in [0.29, 0.717) is 17.9 Å². The van der Waals surface area contributed by atoms with Crippen LogP contribution in [0.4, 0.5) is 0 Å². The largest absolute Gasteiger partial charge is 0.504 e. The molecule has 2 heterocycles. The highest BCUT2D eigenvalue weighted by Crippen LogP contribution is 2.28. The molecule has 3 rings (SSSR count). The summed E-state index contributed by atoms with van der Waals surface area (Å²) in [5.74, 6) is -0.108.